The molecule has 1 saturated carbocycles. The lowest BCUT2D eigenvalue weighted by Gasteiger charge is -2.16. The fraction of sp³-hybridized carbons (Fsp3) is 0.571. The predicted octanol–water partition coefficient (Wildman–Crippen LogP) is 5.02. The Morgan fingerprint density at radius 1 is 1.00 bits per heavy atom. The highest BCUT2D eigenvalue weighted by Gasteiger charge is 2.31. The van der Waals surface area contributed by atoms with Crippen molar-refractivity contribution in [3.05, 3.63) is 29.8 Å². The van der Waals surface area contributed by atoms with E-state index in [1.165, 1.54) is 25.0 Å². The molecule has 1 fully saturated rings. The molecule has 1 nitrogen and oxygen atoms in total. The summed E-state index contributed by atoms with van der Waals surface area (Å²) in [4.78, 5) is 0. The Bertz CT molecular complexity index is 379. The summed E-state index contributed by atoms with van der Waals surface area (Å²) in [7, 11) is 0. The standard InChI is InChI=1S/C14H17F3O/c15-14(16,17)18-13-9-5-8-12(10-13)11-6-3-1-2-4-7-11/h5,8-11H,1-4,6-7H2. The van der Waals surface area contributed by atoms with Crippen LogP contribution in [0.5, 0.6) is 5.75 Å². The lowest BCUT2D eigenvalue weighted by molar-refractivity contribution is -0.274. The van der Waals surface area contributed by atoms with Crippen LogP contribution in [-0.4, -0.2) is 6.36 Å². The lowest BCUT2D eigenvalue weighted by Crippen LogP contribution is -2.17. The molecule has 0 atom stereocenters. The number of benzene rings is 1. The Morgan fingerprint density at radius 2 is 1.67 bits per heavy atom. The van der Waals surface area contributed by atoms with E-state index < -0.39 is 6.36 Å². The Morgan fingerprint density at radius 3 is 2.28 bits per heavy atom. The number of halogens is 3. The van der Waals surface area contributed by atoms with Crippen molar-refractivity contribution in [1.29, 1.82) is 0 Å². The van der Waals surface area contributed by atoms with Crippen LogP contribution in [0.3, 0.4) is 0 Å². The van der Waals surface area contributed by atoms with Gasteiger partial charge in [-0.15, -0.1) is 13.2 Å². The highest BCUT2D eigenvalue weighted by molar-refractivity contribution is 5.31. The molecule has 0 aliphatic heterocycles. The predicted molar refractivity (Wildman–Crippen MR) is 63.6 cm³/mol. The monoisotopic (exact) mass is 258 g/mol. The van der Waals surface area contributed by atoms with Gasteiger partial charge in [0.2, 0.25) is 0 Å². The molecular weight excluding hydrogens is 241 g/mol. The third kappa shape index (κ3) is 3.93. The van der Waals surface area contributed by atoms with Crippen LogP contribution in [0.1, 0.15) is 50.0 Å². The van der Waals surface area contributed by atoms with Crippen molar-refractivity contribution >= 4 is 0 Å². The average molecular weight is 258 g/mol. The first-order chi connectivity index (χ1) is 8.54. The van der Waals surface area contributed by atoms with Crippen molar-refractivity contribution in [1.82, 2.24) is 0 Å². The van der Waals surface area contributed by atoms with Gasteiger partial charge in [-0.3, -0.25) is 0 Å². The molecule has 0 radical (unpaired) electrons. The Kier molecular flexibility index (Phi) is 4.15. The maximum absolute atomic E-state index is 12.2. The van der Waals surface area contributed by atoms with Gasteiger partial charge in [0.25, 0.3) is 0 Å². The molecule has 100 valence electrons. The van der Waals surface area contributed by atoms with Crippen LogP contribution in [0, 0.1) is 0 Å². The van der Waals surface area contributed by atoms with Crippen LogP contribution in [0.2, 0.25) is 0 Å². The van der Waals surface area contributed by atoms with E-state index in [0.29, 0.717) is 5.92 Å². The van der Waals surface area contributed by atoms with Crippen molar-refractivity contribution in [3.63, 3.8) is 0 Å². The lowest BCUT2D eigenvalue weighted by atomic mass is 9.92. The van der Waals surface area contributed by atoms with Crippen LogP contribution in [0.15, 0.2) is 24.3 Å². The second-order valence-corrected chi connectivity index (χ2v) is 4.81. The maximum atomic E-state index is 12.2. The molecule has 0 unspecified atom stereocenters. The molecule has 4 heteroatoms. The zero-order valence-electron chi connectivity index (χ0n) is 10.2. The van der Waals surface area contributed by atoms with Crippen molar-refractivity contribution in [2.24, 2.45) is 0 Å². The highest BCUT2D eigenvalue weighted by atomic mass is 19.4. The molecule has 1 aliphatic rings. The van der Waals surface area contributed by atoms with E-state index in [2.05, 4.69) is 4.74 Å². The molecule has 1 aliphatic carbocycles. The molecule has 0 saturated heterocycles. The van der Waals surface area contributed by atoms with Crippen molar-refractivity contribution < 1.29 is 17.9 Å². The van der Waals surface area contributed by atoms with Crippen molar-refractivity contribution in [3.8, 4) is 5.75 Å². The number of alkyl halides is 3. The van der Waals surface area contributed by atoms with E-state index in [1.54, 1.807) is 6.07 Å². The number of hydrogen-bond donors (Lipinski definition) is 0. The zero-order valence-corrected chi connectivity index (χ0v) is 10.2. The highest BCUT2D eigenvalue weighted by Crippen LogP contribution is 2.34. The van der Waals surface area contributed by atoms with Gasteiger partial charge in [-0.25, -0.2) is 0 Å². The number of ether oxygens (including phenoxy) is 1. The normalized spacial score (nSPS) is 18.4. The first kappa shape index (κ1) is 13.2. The molecule has 0 spiro atoms. The Balaban J connectivity index is 2.10. The Labute approximate surface area is 105 Å². The molecule has 0 bridgehead atoms. The topological polar surface area (TPSA) is 9.23 Å². The third-order valence-corrected chi connectivity index (χ3v) is 3.42. The minimum Gasteiger partial charge on any atom is -0.406 e. The molecule has 1 aromatic carbocycles. The summed E-state index contributed by atoms with van der Waals surface area (Å²) in [6.45, 7) is 0. The van der Waals surface area contributed by atoms with Gasteiger partial charge in [-0.1, -0.05) is 37.8 Å². The number of rotatable bonds is 2. The van der Waals surface area contributed by atoms with Gasteiger partial charge in [-0.05, 0) is 36.5 Å². The smallest absolute Gasteiger partial charge is 0.406 e. The summed E-state index contributed by atoms with van der Waals surface area (Å²) in [5.74, 6) is 0.272. The summed E-state index contributed by atoms with van der Waals surface area (Å²) < 4.78 is 40.4. The van der Waals surface area contributed by atoms with Crippen molar-refractivity contribution in [2.45, 2.75) is 50.8 Å². The minimum absolute atomic E-state index is 0.107. The van der Waals surface area contributed by atoms with Crippen LogP contribution in [0.25, 0.3) is 0 Å². The molecule has 1 aromatic rings. The van der Waals surface area contributed by atoms with E-state index in [9.17, 15) is 13.2 Å². The van der Waals surface area contributed by atoms with Gasteiger partial charge in [0.05, 0.1) is 0 Å². The maximum Gasteiger partial charge on any atom is 0.573 e. The molecule has 18 heavy (non-hydrogen) atoms. The van der Waals surface area contributed by atoms with Crippen LogP contribution in [0.4, 0.5) is 13.2 Å². The van der Waals surface area contributed by atoms with E-state index in [4.69, 9.17) is 0 Å². The van der Waals surface area contributed by atoms with E-state index in [0.717, 1.165) is 31.2 Å². The first-order valence-corrected chi connectivity index (χ1v) is 6.40. The van der Waals surface area contributed by atoms with Crippen LogP contribution < -0.4 is 4.74 Å². The number of hydrogen-bond acceptors (Lipinski definition) is 1. The second-order valence-electron chi connectivity index (χ2n) is 4.81. The first-order valence-electron chi connectivity index (χ1n) is 6.40. The SMILES string of the molecule is FC(F)(F)Oc1cccc(C2CCCCCC2)c1. The van der Waals surface area contributed by atoms with Gasteiger partial charge < -0.3 is 4.74 Å². The molecule has 0 aromatic heterocycles. The summed E-state index contributed by atoms with van der Waals surface area (Å²) in [6, 6.07) is 6.43. The van der Waals surface area contributed by atoms with E-state index in [1.807, 2.05) is 6.07 Å². The quantitative estimate of drug-likeness (QED) is 0.676. The van der Waals surface area contributed by atoms with Gasteiger partial charge >= 0.3 is 6.36 Å². The minimum atomic E-state index is -4.61. The van der Waals surface area contributed by atoms with Gasteiger partial charge in [-0.2, -0.15) is 0 Å². The molecule has 2 rings (SSSR count). The molecule has 0 heterocycles. The summed E-state index contributed by atoms with van der Waals surface area (Å²) in [5, 5.41) is 0. The fourth-order valence-corrected chi connectivity index (χ4v) is 2.58. The average Bonchev–Trinajstić information content (AvgIpc) is 2.55. The van der Waals surface area contributed by atoms with Gasteiger partial charge in [0.15, 0.2) is 0 Å². The van der Waals surface area contributed by atoms with Crippen LogP contribution in [-0.2, 0) is 0 Å². The van der Waals surface area contributed by atoms with Gasteiger partial charge in [0, 0.05) is 0 Å². The third-order valence-electron chi connectivity index (χ3n) is 3.42. The zero-order chi connectivity index (χ0) is 13.0. The summed E-state index contributed by atoms with van der Waals surface area (Å²) in [6.07, 6.45) is 2.31. The summed E-state index contributed by atoms with van der Waals surface area (Å²) >= 11 is 0. The molecule has 0 amide bonds. The largest absolute Gasteiger partial charge is 0.573 e. The van der Waals surface area contributed by atoms with Crippen LogP contribution >= 0.6 is 0 Å². The summed E-state index contributed by atoms with van der Waals surface area (Å²) in [5.41, 5.74) is 0.971. The van der Waals surface area contributed by atoms with E-state index >= 15 is 0 Å². The second kappa shape index (κ2) is 5.63. The Hall–Kier alpha value is -1.19. The fourth-order valence-electron chi connectivity index (χ4n) is 2.58. The molecule has 0 N–H and O–H groups in total. The van der Waals surface area contributed by atoms with Crippen molar-refractivity contribution in [2.75, 3.05) is 0 Å². The van der Waals surface area contributed by atoms with Gasteiger partial charge in [0.1, 0.15) is 5.75 Å². The van der Waals surface area contributed by atoms with E-state index in [-0.39, 0.29) is 5.75 Å². The molecular formula is C14H17F3O.